The van der Waals surface area contributed by atoms with Crippen molar-refractivity contribution in [3.05, 3.63) is 22.5 Å². The fourth-order valence-corrected chi connectivity index (χ4v) is 1.45. The maximum absolute atomic E-state index is 11.5. The molecule has 0 spiro atoms. The second-order valence-electron chi connectivity index (χ2n) is 5.06. The Morgan fingerprint density at radius 3 is 2.78 bits per heavy atom. The Balaban J connectivity index is 2.60. The van der Waals surface area contributed by atoms with Gasteiger partial charge >= 0.3 is 6.09 Å². The predicted octanol–water partition coefficient (Wildman–Crippen LogP) is 1.91. The van der Waals surface area contributed by atoms with Gasteiger partial charge in [0.05, 0.1) is 6.54 Å². The standard InChI is InChI=1S/C14H21NO3/c1-6-7-11-8-12(17-10(11)2)9-15-13(16)18-14(3,4)5/h7-8H,2,6,9H2,1,3-5H3,(H,15,16)/b11-7-. The summed E-state index contributed by atoms with van der Waals surface area (Å²) < 4.78 is 10.6. The molecule has 4 heteroatoms. The SMILES string of the molecule is C=c1oc(CNC(=O)OC(C)(C)C)c/c1=C/CC. The van der Waals surface area contributed by atoms with Crippen molar-refractivity contribution in [3.8, 4) is 0 Å². The Morgan fingerprint density at radius 1 is 1.56 bits per heavy atom. The third-order valence-corrected chi connectivity index (χ3v) is 2.12. The highest BCUT2D eigenvalue weighted by Gasteiger charge is 2.15. The Labute approximate surface area is 107 Å². The highest BCUT2D eigenvalue weighted by molar-refractivity contribution is 5.67. The van der Waals surface area contributed by atoms with Gasteiger partial charge in [-0.1, -0.05) is 19.6 Å². The molecule has 0 atom stereocenters. The molecule has 0 aliphatic rings. The number of carbonyl (C=O) groups excluding carboxylic acids is 1. The van der Waals surface area contributed by atoms with Gasteiger partial charge in [-0.15, -0.1) is 0 Å². The largest absolute Gasteiger partial charge is 0.460 e. The zero-order chi connectivity index (χ0) is 13.8. The van der Waals surface area contributed by atoms with Gasteiger partial charge in [-0.3, -0.25) is 0 Å². The van der Waals surface area contributed by atoms with E-state index in [0.717, 1.165) is 11.6 Å². The van der Waals surface area contributed by atoms with Crippen LogP contribution in [0.3, 0.4) is 0 Å². The van der Waals surface area contributed by atoms with E-state index in [2.05, 4.69) is 11.9 Å². The highest BCUT2D eigenvalue weighted by atomic mass is 16.6. The third kappa shape index (κ3) is 4.65. The second kappa shape index (κ2) is 5.76. The van der Waals surface area contributed by atoms with Gasteiger partial charge in [0.1, 0.15) is 16.8 Å². The predicted molar refractivity (Wildman–Crippen MR) is 71.3 cm³/mol. The van der Waals surface area contributed by atoms with E-state index in [0.29, 0.717) is 17.7 Å². The summed E-state index contributed by atoms with van der Waals surface area (Å²) >= 11 is 0. The van der Waals surface area contributed by atoms with Crippen molar-refractivity contribution >= 4 is 18.7 Å². The normalized spacial score (nSPS) is 12.6. The molecular weight excluding hydrogens is 230 g/mol. The fraction of sp³-hybridized carbons (Fsp3) is 0.500. The minimum Gasteiger partial charge on any atom is -0.460 e. The summed E-state index contributed by atoms with van der Waals surface area (Å²) in [6, 6.07) is 1.88. The topological polar surface area (TPSA) is 51.5 Å². The van der Waals surface area contributed by atoms with Crippen LogP contribution >= 0.6 is 0 Å². The maximum Gasteiger partial charge on any atom is 0.408 e. The van der Waals surface area contributed by atoms with Crippen LogP contribution in [0.5, 0.6) is 0 Å². The first kappa shape index (κ1) is 14.4. The fourth-order valence-electron chi connectivity index (χ4n) is 1.45. The van der Waals surface area contributed by atoms with Crippen molar-refractivity contribution in [3.63, 3.8) is 0 Å². The van der Waals surface area contributed by atoms with Crippen LogP contribution in [0.4, 0.5) is 4.79 Å². The lowest BCUT2D eigenvalue weighted by Crippen LogP contribution is -2.32. The number of nitrogens with one attached hydrogen (secondary N) is 1. The molecule has 1 aromatic heterocycles. The molecule has 0 aliphatic carbocycles. The van der Waals surface area contributed by atoms with Gasteiger partial charge in [-0.2, -0.15) is 0 Å². The summed E-state index contributed by atoms with van der Waals surface area (Å²) in [6.07, 6.45) is 2.50. The Kier molecular flexibility index (Phi) is 4.59. The summed E-state index contributed by atoms with van der Waals surface area (Å²) in [4.78, 5) is 11.5. The van der Waals surface area contributed by atoms with Crippen LogP contribution in [0.15, 0.2) is 10.5 Å². The molecule has 0 saturated heterocycles. The Hall–Kier alpha value is -1.71. The van der Waals surface area contributed by atoms with Crippen molar-refractivity contribution in [2.45, 2.75) is 46.3 Å². The van der Waals surface area contributed by atoms with Crippen molar-refractivity contribution in [2.75, 3.05) is 0 Å². The number of alkyl carbamates (subject to hydrolysis) is 1. The molecule has 0 unspecified atom stereocenters. The molecule has 1 aromatic rings. The molecule has 0 aliphatic heterocycles. The molecule has 1 N–H and O–H groups in total. The van der Waals surface area contributed by atoms with Crippen LogP contribution in [0.1, 0.15) is 39.9 Å². The molecule has 4 nitrogen and oxygen atoms in total. The van der Waals surface area contributed by atoms with Gasteiger partial charge in [0.25, 0.3) is 0 Å². The molecular formula is C14H21NO3. The zero-order valence-electron chi connectivity index (χ0n) is 11.5. The lowest BCUT2D eigenvalue weighted by atomic mass is 10.2. The maximum atomic E-state index is 11.5. The van der Waals surface area contributed by atoms with E-state index in [1.54, 1.807) is 0 Å². The van der Waals surface area contributed by atoms with Crippen LogP contribution in [0.2, 0.25) is 0 Å². The molecule has 1 heterocycles. The first-order chi connectivity index (χ1) is 8.31. The van der Waals surface area contributed by atoms with E-state index in [1.165, 1.54) is 0 Å². The van der Waals surface area contributed by atoms with Gasteiger partial charge < -0.3 is 14.5 Å². The molecule has 1 amide bonds. The third-order valence-electron chi connectivity index (χ3n) is 2.12. The lowest BCUT2D eigenvalue weighted by molar-refractivity contribution is 0.0519. The molecule has 0 fully saturated rings. The highest BCUT2D eigenvalue weighted by Crippen LogP contribution is 2.06. The van der Waals surface area contributed by atoms with E-state index in [-0.39, 0.29) is 0 Å². The summed E-state index contributed by atoms with van der Waals surface area (Å²) in [5.74, 6) is 0.672. The first-order valence-corrected chi connectivity index (χ1v) is 6.06. The van der Waals surface area contributed by atoms with Crippen LogP contribution < -0.4 is 16.0 Å². The van der Waals surface area contributed by atoms with Gasteiger partial charge in [0, 0.05) is 5.22 Å². The second-order valence-corrected chi connectivity index (χ2v) is 5.06. The number of hydrogen-bond acceptors (Lipinski definition) is 3. The lowest BCUT2D eigenvalue weighted by Gasteiger charge is -2.19. The minimum atomic E-state index is -0.494. The van der Waals surface area contributed by atoms with Crippen molar-refractivity contribution < 1.29 is 13.9 Å². The van der Waals surface area contributed by atoms with Crippen LogP contribution in [0.25, 0.3) is 12.7 Å². The summed E-state index contributed by atoms with van der Waals surface area (Å²) in [6.45, 7) is 11.6. The molecule has 1 rings (SSSR count). The minimum absolute atomic E-state index is 0.301. The van der Waals surface area contributed by atoms with Crippen molar-refractivity contribution in [2.24, 2.45) is 0 Å². The number of furan rings is 1. The number of ether oxygens (including phenoxy) is 1. The number of carbonyl (C=O) groups is 1. The molecule has 100 valence electrons. The average Bonchev–Trinajstić information content (AvgIpc) is 2.55. The van der Waals surface area contributed by atoms with Gasteiger partial charge in [0.2, 0.25) is 0 Å². The smallest absolute Gasteiger partial charge is 0.408 e. The molecule has 18 heavy (non-hydrogen) atoms. The van der Waals surface area contributed by atoms with E-state index in [9.17, 15) is 4.79 Å². The number of amides is 1. The Morgan fingerprint density at radius 2 is 2.22 bits per heavy atom. The van der Waals surface area contributed by atoms with Crippen molar-refractivity contribution in [1.82, 2.24) is 5.32 Å². The summed E-state index contributed by atoms with van der Waals surface area (Å²) in [5, 5.41) is 3.61. The van der Waals surface area contributed by atoms with E-state index >= 15 is 0 Å². The van der Waals surface area contributed by atoms with Gasteiger partial charge in [-0.25, -0.2) is 4.79 Å². The van der Waals surface area contributed by atoms with Gasteiger partial charge in [0.15, 0.2) is 0 Å². The molecule has 0 radical (unpaired) electrons. The van der Waals surface area contributed by atoms with E-state index in [4.69, 9.17) is 9.15 Å². The summed E-state index contributed by atoms with van der Waals surface area (Å²) in [7, 11) is 0. The summed E-state index contributed by atoms with van der Waals surface area (Å²) in [5.41, 5.74) is 0.129. The zero-order valence-corrected chi connectivity index (χ0v) is 11.5. The van der Waals surface area contributed by atoms with Crippen LogP contribution in [-0.2, 0) is 11.3 Å². The number of rotatable bonds is 3. The molecule has 0 bridgehead atoms. The van der Waals surface area contributed by atoms with Gasteiger partial charge in [-0.05, 0) is 33.3 Å². The van der Waals surface area contributed by atoms with Crippen LogP contribution in [-0.4, -0.2) is 11.7 Å². The van der Waals surface area contributed by atoms with E-state index in [1.807, 2.05) is 39.8 Å². The average molecular weight is 251 g/mol. The quantitative estimate of drug-likeness (QED) is 0.892. The van der Waals surface area contributed by atoms with Crippen LogP contribution in [0, 0.1) is 0 Å². The Bertz CT molecular complexity index is 508. The van der Waals surface area contributed by atoms with E-state index < -0.39 is 11.7 Å². The number of hydrogen-bond donors (Lipinski definition) is 1. The first-order valence-electron chi connectivity index (χ1n) is 6.06. The van der Waals surface area contributed by atoms with Crippen molar-refractivity contribution in [1.29, 1.82) is 0 Å². The molecule has 0 saturated carbocycles. The monoisotopic (exact) mass is 251 g/mol. The molecule has 0 aromatic carbocycles.